The van der Waals surface area contributed by atoms with E-state index in [4.69, 9.17) is 4.74 Å². The fraction of sp³-hybridized carbons (Fsp3) is 0.462. The van der Waals surface area contributed by atoms with Crippen LogP contribution in [-0.2, 0) is 4.74 Å². The van der Waals surface area contributed by atoms with Crippen LogP contribution < -0.4 is 0 Å². The molecule has 1 aromatic carbocycles. The largest absolute Gasteiger partial charge is 0.444 e. The lowest BCUT2D eigenvalue weighted by molar-refractivity contribution is 0.0204. The summed E-state index contributed by atoms with van der Waals surface area (Å²) in [5, 5.41) is 1.07. The number of aromatic nitrogens is 2. The molecule has 184 valence electrons. The van der Waals surface area contributed by atoms with E-state index in [1.165, 1.54) is 0 Å². The second-order valence-electron chi connectivity index (χ2n) is 9.28. The van der Waals surface area contributed by atoms with Gasteiger partial charge in [0.1, 0.15) is 11.4 Å². The molecule has 1 aliphatic heterocycles. The van der Waals surface area contributed by atoms with Crippen LogP contribution in [-0.4, -0.2) is 38.6 Å². The molecule has 0 N–H and O–H groups in total. The lowest BCUT2D eigenvalue weighted by Gasteiger charge is -2.33. The minimum Gasteiger partial charge on any atom is -0.444 e. The van der Waals surface area contributed by atoms with E-state index in [2.05, 4.69) is 45.4 Å². The Hall–Kier alpha value is -1.81. The Morgan fingerprint density at radius 3 is 2.44 bits per heavy atom. The van der Waals surface area contributed by atoms with E-state index in [0.717, 1.165) is 46.1 Å². The number of piperidine rings is 1. The van der Waals surface area contributed by atoms with Crippen molar-refractivity contribution in [2.24, 2.45) is 0 Å². The number of carbonyl (C=O) groups is 1. The third kappa shape index (κ3) is 6.05. The number of likely N-dealkylation sites (tertiary alicyclic amines) is 1. The monoisotopic (exact) mass is 597 g/mol. The molecular weight excluding hydrogens is 564 g/mol. The summed E-state index contributed by atoms with van der Waals surface area (Å²) < 4.78 is 22.6. The van der Waals surface area contributed by atoms with Gasteiger partial charge in [-0.3, -0.25) is 3.97 Å². The van der Waals surface area contributed by atoms with Crippen molar-refractivity contribution in [3.63, 3.8) is 0 Å². The van der Waals surface area contributed by atoms with Crippen LogP contribution in [0, 0.1) is 12.7 Å². The van der Waals surface area contributed by atoms with E-state index < -0.39 is 5.60 Å². The van der Waals surface area contributed by atoms with Crippen LogP contribution in [0.1, 0.15) is 64.5 Å². The topological polar surface area (TPSA) is 47.4 Å². The average molecular weight is 598 g/mol. The zero-order valence-corrected chi connectivity index (χ0v) is 23.7. The summed E-state index contributed by atoms with van der Waals surface area (Å²) in [6.45, 7) is 12.8. The van der Waals surface area contributed by atoms with Crippen molar-refractivity contribution in [2.75, 3.05) is 13.1 Å². The van der Waals surface area contributed by atoms with Gasteiger partial charge in [0.2, 0.25) is 0 Å². The number of fused-ring (bicyclic) bond motifs is 1. The lowest BCUT2D eigenvalue weighted by atomic mass is 9.88. The molecule has 34 heavy (non-hydrogen) atoms. The number of halogens is 2. The van der Waals surface area contributed by atoms with Crippen LogP contribution in [0.5, 0.6) is 0 Å². The van der Waals surface area contributed by atoms with Crippen LogP contribution >= 0.6 is 30.3 Å². The van der Waals surface area contributed by atoms with Crippen molar-refractivity contribution >= 4 is 47.5 Å². The molecule has 3 aromatic rings. The summed E-state index contributed by atoms with van der Waals surface area (Å²) in [7, 11) is 1.58. The zero-order chi connectivity index (χ0) is 25.0. The van der Waals surface area contributed by atoms with Gasteiger partial charge in [-0.2, -0.15) is 0 Å². The molecule has 0 bridgehead atoms. The van der Waals surface area contributed by atoms with Gasteiger partial charge in [-0.1, -0.05) is 26.0 Å². The Kier molecular flexibility index (Phi) is 8.89. The molecule has 1 fully saturated rings. The molecule has 1 saturated heterocycles. The van der Waals surface area contributed by atoms with E-state index in [-0.39, 0.29) is 17.8 Å². The highest BCUT2D eigenvalue weighted by Gasteiger charge is 2.28. The van der Waals surface area contributed by atoms with Gasteiger partial charge >= 0.3 is 6.09 Å². The van der Waals surface area contributed by atoms with E-state index in [1.54, 1.807) is 26.3 Å². The van der Waals surface area contributed by atoms with Gasteiger partial charge in [0.15, 0.2) is 5.65 Å². The Morgan fingerprint density at radius 1 is 1.18 bits per heavy atom. The van der Waals surface area contributed by atoms with E-state index in [9.17, 15) is 4.79 Å². The number of hydrogen-bond acceptors (Lipinski definition) is 4. The Balaban J connectivity index is 0.00000158. The highest BCUT2D eigenvalue weighted by molar-refractivity contribution is 14.2. The molecular formula is C26H33FIN3O2S. The smallest absolute Gasteiger partial charge is 0.410 e. The highest BCUT2D eigenvalue weighted by Crippen LogP contribution is 2.34. The molecule has 5 nitrogen and oxygen atoms in total. The van der Waals surface area contributed by atoms with E-state index in [1.807, 2.05) is 50.7 Å². The second kappa shape index (κ2) is 11.3. The molecule has 1 amide bonds. The molecule has 2 aromatic heterocycles. The minimum absolute atomic E-state index is 0.0975. The first-order valence-corrected chi connectivity index (χ1v) is 15.0. The third-order valence-corrected chi connectivity index (χ3v) is 7.51. The molecule has 0 unspecified atom stereocenters. The van der Waals surface area contributed by atoms with Crippen LogP contribution in [0.25, 0.3) is 22.2 Å². The Morgan fingerprint density at radius 2 is 1.85 bits per heavy atom. The van der Waals surface area contributed by atoms with Crippen molar-refractivity contribution in [1.82, 2.24) is 13.9 Å². The molecule has 0 atom stereocenters. The molecule has 0 spiro atoms. The van der Waals surface area contributed by atoms with Crippen molar-refractivity contribution in [3.05, 3.63) is 53.6 Å². The number of hydrogen-bond donors (Lipinski definition) is 0. The van der Waals surface area contributed by atoms with Gasteiger partial charge in [0.05, 0.1) is 0 Å². The minimum atomic E-state index is -0.510. The number of aryl methyl sites for hydroxylation is 1. The third-order valence-electron chi connectivity index (χ3n) is 5.81. The average Bonchev–Trinajstić information content (AvgIpc) is 3.14. The Bertz CT molecular complexity index is 1150. The van der Waals surface area contributed by atoms with E-state index in [0.29, 0.717) is 13.1 Å². The van der Waals surface area contributed by atoms with Crippen LogP contribution in [0.4, 0.5) is 9.18 Å². The van der Waals surface area contributed by atoms with Gasteiger partial charge in [-0.25, -0.2) is 14.2 Å². The molecule has 0 radical (unpaired) electrons. The summed E-state index contributed by atoms with van der Waals surface area (Å²) in [4.78, 5) is 18.6. The predicted octanol–water partition coefficient (Wildman–Crippen LogP) is 8.14. The molecule has 0 aliphatic carbocycles. The van der Waals surface area contributed by atoms with Crippen molar-refractivity contribution in [2.45, 2.75) is 65.9 Å². The maximum Gasteiger partial charge on any atom is 0.410 e. The number of ether oxygens (including phenoxy) is 1. The van der Waals surface area contributed by atoms with Crippen LogP contribution in [0.3, 0.4) is 0 Å². The summed E-state index contributed by atoms with van der Waals surface area (Å²) in [5.74, 6) is -0.101. The van der Waals surface area contributed by atoms with Gasteiger partial charge in [0.25, 0.3) is 0 Å². The van der Waals surface area contributed by atoms with Crippen LogP contribution in [0.2, 0.25) is 0 Å². The second-order valence-corrected chi connectivity index (χ2v) is 11.0. The summed E-state index contributed by atoms with van der Waals surface area (Å²) in [6, 6.07) is 7.55. The van der Waals surface area contributed by atoms with E-state index >= 15 is 4.39 Å². The lowest BCUT2D eigenvalue weighted by Crippen LogP contribution is -2.41. The first-order valence-electron chi connectivity index (χ1n) is 11.7. The highest BCUT2D eigenvalue weighted by atomic mass is 127. The number of rotatable bonds is 3. The molecule has 1 aliphatic rings. The predicted molar refractivity (Wildman–Crippen MR) is 148 cm³/mol. The summed E-state index contributed by atoms with van der Waals surface area (Å²) in [5.41, 5.74) is 3.99. The summed E-state index contributed by atoms with van der Waals surface area (Å²) in [6.07, 6.45) is 5.03. The molecule has 4 rings (SSSR count). The number of nitrogens with zero attached hydrogens (tertiary/aromatic N) is 3. The van der Waals surface area contributed by atoms with Crippen LogP contribution in [0.15, 0.2) is 36.7 Å². The van der Waals surface area contributed by atoms with Crippen molar-refractivity contribution in [3.8, 4) is 11.1 Å². The first kappa shape index (κ1) is 26.8. The standard InChI is InChI=1S/C24H27FIN3O2S.C2H6/c1-15-14-29(32-26)22-20(15)11-18(13-27-22)17-5-6-19(21(25)12-17)16-7-9-28(10-8-16)23(30)31-24(2,3)4;1-2/h5-6,11-14,16H,7-10H2,1-4H3;1-2H3. The number of benzene rings is 1. The normalized spacial score (nSPS) is 14.6. The fourth-order valence-electron chi connectivity index (χ4n) is 4.18. The maximum absolute atomic E-state index is 15.1. The van der Waals surface area contributed by atoms with Gasteiger partial charge in [-0.15, -0.1) is 0 Å². The zero-order valence-electron chi connectivity index (χ0n) is 20.7. The first-order chi connectivity index (χ1) is 16.2. The van der Waals surface area contributed by atoms with Gasteiger partial charge < -0.3 is 9.64 Å². The number of carbonyl (C=O) groups excluding carboxylic acids is 1. The maximum atomic E-state index is 15.1. The van der Waals surface area contributed by atoms with Gasteiger partial charge in [0, 0.05) is 66.8 Å². The molecule has 3 heterocycles. The fourth-order valence-corrected chi connectivity index (χ4v) is 5.49. The van der Waals surface area contributed by atoms with Crippen molar-refractivity contribution < 1.29 is 13.9 Å². The number of pyridine rings is 1. The van der Waals surface area contributed by atoms with Gasteiger partial charge in [-0.05, 0) is 75.3 Å². The molecule has 8 heteroatoms. The SMILES string of the molecule is CC.Cc1cn(SI)c2ncc(-c3ccc(C4CCN(C(=O)OC(C)(C)C)CC4)c(F)c3)cc12. The quantitative estimate of drug-likeness (QED) is 0.286. The molecule has 0 saturated carbocycles. The van der Waals surface area contributed by atoms with Crippen molar-refractivity contribution in [1.29, 1.82) is 0 Å². The number of amides is 1. The summed E-state index contributed by atoms with van der Waals surface area (Å²) >= 11 is 2.24. The Labute approximate surface area is 218 Å².